The van der Waals surface area contributed by atoms with Crippen LogP contribution in [-0.2, 0) is 0 Å². The highest BCUT2D eigenvalue weighted by Gasteiger charge is 2.26. The van der Waals surface area contributed by atoms with Crippen LogP contribution in [0.15, 0.2) is 22.3 Å². The highest BCUT2D eigenvalue weighted by molar-refractivity contribution is 7.12. The number of ketones is 1. The van der Waals surface area contributed by atoms with E-state index < -0.39 is 5.56 Å². The summed E-state index contributed by atoms with van der Waals surface area (Å²) >= 11 is 1.24. The van der Waals surface area contributed by atoms with E-state index in [0.717, 1.165) is 4.57 Å². The molecule has 2 heterocycles. The van der Waals surface area contributed by atoms with Gasteiger partial charge in [0.15, 0.2) is 0 Å². The lowest BCUT2D eigenvalue weighted by Gasteiger charge is -2.17. The van der Waals surface area contributed by atoms with Crippen molar-refractivity contribution in [2.75, 3.05) is 0 Å². The Kier molecular flexibility index (Phi) is 3.96. The van der Waals surface area contributed by atoms with E-state index in [1.165, 1.54) is 18.3 Å². The Labute approximate surface area is 125 Å². The van der Waals surface area contributed by atoms with Crippen molar-refractivity contribution in [1.29, 1.82) is 5.26 Å². The van der Waals surface area contributed by atoms with Crippen molar-refractivity contribution < 1.29 is 9.90 Å². The van der Waals surface area contributed by atoms with E-state index in [-0.39, 0.29) is 34.4 Å². The second-order valence-corrected chi connectivity index (χ2v) is 5.83. The van der Waals surface area contributed by atoms with E-state index >= 15 is 0 Å². The largest absolute Gasteiger partial charge is 0.494 e. The predicted octanol–water partition coefficient (Wildman–Crippen LogP) is 2.61. The lowest BCUT2D eigenvalue weighted by molar-refractivity contribution is 0.103. The average Bonchev–Trinajstić information content (AvgIpc) is 2.92. The van der Waals surface area contributed by atoms with Crippen molar-refractivity contribution in [2.45, 2.75) is 26.8 Å². The molecular weight excluding hydrogens is 288 g/mol. The molecule has 0 aliphatic heterocycles. The second-order valence-electron chi connectivity index (χ2n) is 4.89. The quantitative estimate of drug-likeness (QED) is 0.883. The number of thiophene rings is 1. The molecule has 0 saturated carbocycles. The molecule has 0 saturated heterocycles. The summed E-state index contributed by atoms with van der Waals surface area (Å²) in [5.41, 5.74) is -0.454. The zero-order valence-corrected chi connectivity index (χ0v) is 12.7. The number of aromatic hydroxyl groups is 1. The van der Waals surface area contributed by atoms with Crippen LogP contribution in [0.5, 0.6) is 5.88 Å². The molecule has 0 aromatic carbocycles. The molecule has 2 rings (SSSR count). The summed E-state index contributed by atoms with van der Waals surface area (Å²) in [6.07, 6.45) is 0. The summed E-state index contributed by atoms with van der Waals surface area (Å²) in [5.74, 6) is -0.768. The minimum Gasteiger partial charge on any atom is -0.494 e. The third-order valence-electron chi connectivity index (χ3n) is 3.23. The molecule has 0 atom stereocenters. The number of carbonyl (C=O) groups is 1. The van der Waals surface area contributed by atoms with Crippen LogP contribution in [0.25, 0.3) is 0 Å². The number of hydrogen-bond donors (Lipinski definition) is 1. The van der Waals surface area contributed by atoms with Gasteiger partial charge in [-0.1, -0.05) is 6.07 Å². The van der Waals surface area contributed by atoms with E-state index in [1.54, 1.807) is 31.4 Å². The molecule has 0 aliphatic rings. The summed E-state index contributed by atoms with van der Waals surface area (Å²) in [5, 5.41) is 21.3. The van der Waals surface area contributed by atoms with Crippen LogP contribution in [0.2, 0.25) is 0 Å². The average molecular weight is 302 g/mol. The van der Waals surface area contributed by atoms with E-state index in [9.17, 15) is 20.0 Å². The minimum atomic E-state index is -0.578. The van der Waals surface area contributed by atoms with Gasteiger partial charge in [0.25, 0.3) is 5.56 Å². The second kappa shape index (κ2) is 5.54. The molecule has 1 N–H and O–H groups in total. The Bertz CT molecular complexity index is 796. The van der Waals surface area contributed by atoms with Crippen LogP contribution in [0.1, 0.15) is 46.3 Å². The molecule has 0 fully saturated rings. The standard InChI is InChI=1S/C15H14N2O3S/c1-8(2)17-14(19)10(7-16)9(3)12(15(17)20)13(18)11-5-4-6-21-11/h4-6,8,20H,1-3H3. The number of rotatable bonds is 3. The zero-order chi connectivity index (χ0) is 15.7. The first-order valence-corrected chi connectivity index (χ1v) is 7.24. The fraction of sp³-hybridized carbons (Fsp3) is 0.267. The van der Waals surface area contributed by atoms with Crippen LogP contribution in [-0.4, -0.2) is 15.5 Å². The van der Waals surface area contributed by atoms with E-state index in [4.69, 9.17) is 0 Å². The number of nitriles is 1. The maximum absolute atomic E-state index is 12.5. The number of pyridine rings is 1. The number of aromatic nitrogens is 1. The first-order valence-electron chi connectivity index (χ1n) is 6.36. The van der Waals surface area contributed by atoms with Gasteiger partial charge in [0.05, 0.1) is 10.4 Å². The maximum Gasteiger partial charge on any atom is 0.271 e. The van der Waals surface area contributed by atoms with Crippen molar-refractivity contribution in [3.8, 4) is 11.9 Å². The molecule has 0 aliphatic carbocycles. The Morgan fingerprint density at radius 3 is 2.62 bits per heavy atom. The smallest absolute Gasteiger partial charge is 0.271 e. The third kappa shape index (κ3) is 2.36. The SMILES string of the molecule is Cc1c(C(=O)c2cccs2)c(O)n(C(C)C)c(=O)c1C#N. The van der Waals surface area contributed by atoms with E-state index in [1.807, 2.05) is 6.07 Å². The molecule has 6 heteroatoms. The Hall–Kier alpha value is -2.39. The molecule has 0 radical (unpaired) electrons. The molecule has 0 spiro atoms. The van der Waals surface area contributed by atoms with E-state index in [0.29, 0.717) is 4.88 Å². The lowest BCUT2D eigenvalue weighted by Crippen LogP contribution is -2.27. The van der Waals surface area contributed by atoms with Gasteiger partial charge in [-0.05, 0) is 37.8 Å². The number of hydrogen-bond acceptors (Lipinski definition) is 5. The molecule has 108 valence electrons. The summed E-state index contributed by atoms with van der Waals surface area (Å²) in [7, 11) is 0. The van der Waals surface area contributed by atoms with Gasteiger partial charge in [0.2, 0.25) is 11.7 Å². The highest BCUT2D eigenvalue weighted by Crippen LogP contribution is 2.28. The molecular formula is C15H14N2O3S. The fourth-order valence-corrected chi connectivity index (χ4v) is 2.87. The normalized spacial score (nSPS) is 10.6. The van der Waals surface area contributed by atoms with Crippen molar-refractivity contribution in [1.82, 2.24) is 4.57 Å². The summed E-state index contributed by atoms with van der Waals surface area (Å²) < 4.78 is 1.08. The molecule has 2 aromatic heterocycles. The van der Waals surface area contributed by atoms with Gasteiger partial charge in [-0.2, -0.15) is 5.26 Å². The predicted molar refractivity (Wildman–Crippen MR) is 80.0 cm³/mol. The highest BCUT2D eigenvalue weighted by atomic mass is 32.1. The van der Waals surface area contributed by atoms with Crippen LogP contribution in [0.4, 0.5) is 0 Å². The van der Waals surface area contributed by atoms with Crippen LogP contribution in [0, 0.1) is 18.3 Å². The van der Waals surface area contributed by atoms with Crippen LogP contribution in [0.3, 0.4) is 0 Å². The van der Waals surface area contributed by atoms with E-state index in [2.05, 4.69) is 0 Å². The Morgan fingerprint density at radius 2 is 2.14 bits per heavy atom. The molecule has 0 unspecified atom stereocenters. The summed E-state index contributed by atoms with van der Waals surface area (Å²) in [6.45, 7) is 4.92. The first kappa shape index (κ1) is 15.0. The van der Waals surface area contributed by atoms with Gasteiger partial charge in [-0.3, -0.25) is 14.2 Å². The summed E-state index contributed by atoms with van der Waals surface area (Å²) in [6, 6.07) is 4.84. The van der Waals surface area contributed by atoms with Crippen molar-refractivity contribution in [3.05, 3.63) is 49.4 Å². The topological polar surface area (TPSA) is 83.1 Å². The van der Waals surface area contributed by atoms with Gasteiger partial charge >= 0.3 is 0 Å². The Morgan fingerprint density at radius 1 is 1.48 bits per heavy atom. The van der Waals surface area contributed by atoms with Gasteiger partial charge in [0.1, 0.15) is 11.6 Å². The number of carbonyl (C=O) groups excluding carboxylic acids is 1. The number of nitrogens with zero attached hydrogens (tertiary/aromatic N) is 2. The first-order chi connectivity index (χ1) is 9.90. The van der Waals surface area contributed by atoms with Crippen LogP contribution < -0.4 is 5.56 Å². The maximum atomic E-state index is 12.5. The molecule has 0 bridgehead atoms. The lowest BCUT2D eigenvalue weighted by atomic mass is 10.0. The monoisotopic (exact) mass is 302 g/mol. The third-order valence-corrected chi connectivity index (χ3v) is 4.10. The van der Waals surface area contributed by atoms with Crippen molar-refractivity contribution in [3.63, 3.8) is 0 Å². The minimum absolute atomic E-state index is 0.0160. The summed E-state index contributed by atoms with van der Waals surface area (Å²) in [4.78, 5) is 25.2. The van der Waals surface area contributed by atoms with Crippen molar-refractivity contribution in [2.24, 2.45) is 0 Å². The van der Waals surface area contributed by atoms with Gasteiger partial charge < -0.3 is 5.11 Å². The zero-order valence-electron chi connectivity index (χ0n) is 11.9. The Balaban J connectivity index is 2.84. The fourth-order valence-electron chi connectivity index (χ4n) is 2.20. The van der Waals surface area contributed by atoms with Gasteiger partial charge in [0, 0.05) is 6.04 Å². The van der Waals surface area contributed by atoms with Crippen molar-refractivity contribution >= 4 is 17.1 Å². The molecule has 2 aromatic rings. The molecule has 21 heavy (non-hydrogen) atoms. The molecule has 0 amide bonds. The van der Waals surface area contributed by atoms with Crippen LogP contribution >= 0.6 is 11.3 Å². The molecule has 5 nitrogen and oxygen atoms in total. The van der Waals surface area contributed by atoms with Gasteiger partial charge in [-0.25, -0.2) is 0 Å². The van der Waals surface area contributed by atoms with Gasteiger partial charge in [-0.15, -0.1) is 11.3 Å².